The largest absolute Gasteiger partial charge is 0.358 e. The van der Waals surface area contributed by atoms with Crippen LogP contribution in [0.25, 0.3) is 0 Å². The number of isocyanates is 1. The van der Waals surface area contributed by atoms with Crippen LogP contribution in [0.3, 0.4) is 0 Å². The second kappa shape index (κ2) is 5.16. The maximum atomic E-state index is 11.8. The highest BCUT2D eigenvalue weighted by Gasteiger charge is 2.29. The van der Waals surface area contributed by atoms with Crippen molar-refractivity contribution in [3.05, 3.63) is 22.9 Å². The molecule has 1 aliphatic heterocycles. The van der Waals surface area contributed by atoms with Gasteiger partial charge in [-0.05, 0) is 6.08 Å². The molecular weight excluding hydrogens is 258 g/mol. The van der Waals surface area contributed by atoms with Crippen molar-refractivity contribution in [2.75, 3.05) is 20.6 Å². The molecule has 0 unspecified atom stereocenters. The summed E-state index contributed by atoms with van der Waals surface area (Å²) in [5.41, 5.74) is 0.176. The molecule has 0 bridgehead atoms. The van der Waals surface area contributed by atoms with E-state index in [1.807, 2.05) is 0 Å². The van der Waals surface area contributed by atoms with Gasteiger partial charge in [0.2, 0.25) is 5.91 Å². The number of likely N-dealkylation sites (N-methyl/N-ethyl adjacent to an activating group) is 2. The minimum Gasteiger partial charge on any atom is -0.358 e. The number of carbonyl (C=O) groups excluding carboxylic acids is 2. The van der Waals surface area contributed by atoms with E-state index >= 15 is 0 Å². The highest BCUT2D eigenvalue weighted by Crippen LogP contribution is 2.24. The number of sulfonamides is 1. The first-order valence-electron chi connectivity index (χ1n) is 5.01. The quantitative estimate of drug-likeness (QED) is 0.524. The summed E-state index contributed by atoms with van der Waals surface area (Å²) in [5, 5.41) is -0.189. The Morgan fingerprint density at radius 3 is 2.67 bits per heavy atom. The number of allylic oxidation sites excluding steroid dienone is 1. The summed E-state index contributed by atoms with van der Waals surface area (Å²) >= 11 is 0. The molecule has 0 atom stereocenters. The summed E-state index contributed by atoms with van der Waals surface area (Å²) in [6, 6.07) is 0. The second-order valence-electron chi connectivity index (χ2n) is 3.71. The molecular formula is C10H13N3O4S. The van der Waals surface area contributed by atoms with Crippen molar-refractivity contribution < 1.29 is 18.0 Å². The zero-order valence-corrected chi connectivity index (χ0v) is 11.1. The third kappa shape index (κ3) is 2.66. The number of hydrogen-bond acceptors (Lipinski definition) is 5. The molecule has 8 heteroatoms. The Balaban J connectivity index is 3.50. The molecule has 0 fully saturated rings. The molecule has 98 valence electrons. The molecule has 1 rings (SSSR count). The molecule has 1 amide bonds. The average Bonchev–Trinajstić information content (AvgIpc) is 2.27. The number of amides is 1. The van der Waals surface area contributed by atoms with Gasteiger partial charge in [-0.25, -0.2) is 4.79 Å². The van der Waals surface area contributed by atoms with E-state index in [4.69, 9.17) is 0 Å². The lowest BCUT2D eigenvalue weighted by Crippen LogP contribution is -2.33. The molecule has 0 spiro atoms. The van der Waals surface area contributed by atoms with E-state index in [0.717, 1.165) is 6.08 Å². The summed E-state index contributed by atoms with van der Waals surface area (Å²) in [4.78, 5) is 24.1. The van der Waals surface area contributed by atoms with Gasteiger partial charge in [-0.3, -0.25) is 4.79 Å². The first-order chi connectivity index (χ1) is 8.31. The molecule has 7 nitrogen and oxygen atoms in total. The maximum Gasteiger partial charge on any atom is 0.310 e. The van der Waals surface area contributed by atoms with Crippen molar-refractivity contribution in [1.82, 2.24) is 9.80 Å². The van der Waals surface area contributed by atoms with Gasteiger partial charge in [-0.2, -0.15) is 8.42 Å². The van der Waals surface area contributed by atoms with Crippen LogP contribution in [0.2, 0.25) is 0 Å². The van der Waals surface area contributed by atoms with Crippen LogP contribution in [0.4, 0.5) is 0 Å². The van der Waals surface area contributed by atoms with Crippen LogP contribution in [0.15, 0.2) is 27.3 Å². The Morgan fingerprint density at radius 2 is 2.17 bits per heavy atom. The molecule has 0 N–H and O–H groups in total. The van der Waals surface area contributed by atoms with Crippen molar-refractivity contribution in [3.63, 3.8) is 0 Å². The van der Waals surface area contributed by atoms with E-state index in [-0.39, 0.29) is 16.6 Å². The Bertz CT molecular complexity index is 570. The predicted molar refractivity (Wildman–Crippen MR) is 64.3 cm³/mol. The standard InChI is InChI=1S/C10H13N3O4S/c1-8(15)13(3)9-5-4-6-12(2)10(9)18(16,17)11-7-14/h4-5H,6H2,1-3H3. The van der Waals surface area contributed by atoms with Crippen molar-refractivity contribution in [2.24, 2.45) is 4.40 Å². The third-order valence-corrected chi connectivity index (χ3v) is 3.78. The minimum absolute atomic E-state index is 0.176. The van der Waals surface area contributed by atoms with Gasteiger partial charge in [0.25, 0.3) is 6.08 Å². The average molecular weight is 271 g/mol. The zero-order chi connectivity index (χ0) is 13.9. The normalized spacial score (nSPS) is 15.4. The smallest absolute Gasteiger partial charge is 0.310 e. The van der Waals surface area contributed by atoms with Crippen molar-refractivity contribution in [3.8, 4) is 0 Å². The number of hydrogen-bond donors (Lipinski definition) is 0. The van der Waals surface area contributed by atoms with Crippen LogP contribution in [-0.2, 0) is 19.6 Å². The van der Waals surface area contributed by atoms with E-state index in [9.17, 15) is 18.0 Å². The molecule has 0 aromatic rings. The van der Waals surface area contributed by atoms with E-state index in [0.29, 0.717) is 6.54 Å². The van der Waals surface area contributed by atoms with Crippen LogP contribution in [0.1, 0.15) is 6.92 Å². The molecule has 0 radical (unpaired) electrons. The van der Waals surface area contributed by atoms with E-state index in [1.165, 1.54) is 36.9 Å². The lowest BCUT2D eigenvalue weighted by atomic mass is 10.3. The second-order valence-corrected chi connectivity index (χ2v) is 5.23. The Hall–Kier alpha value is -1.92. The van der Waals surface area contributed by atoms with E-state index < -0.39 is 10.0 Å². The summed E-state index contributed by atoms with van der Waals surface area (Å²) in [5.74, 6) is -0.326. The highest BCUT2D eigenvalue weighted by molar-refractivity contribution is 7.94. The highest BCUT2D eigenvalue weighted by atomic mass is 32.2. The number of rotatable bonds is 3. The van der Waals surface area contributed by atoms with Gasteiger partial charge in [-0.15, -0.1) is 0 Å². The number of nitrogens with zero attached hydrogens (tertiary/aromatic N) is 3. The fourth-order valence-corrected chi connectivity index (χ4v) is 2.64. The fourth-order valence-electron chi connectivity index (χ4n) is 1.52. The maximum absolute atomic E-state index is 11.8. The van der Waals surface area contributed by atoms with Gasteiger partial charge >= 0.3 is 10.0 Å². The molecule has 0 aliphatic carbocycles. The van der Waals surface area contributed by atoms with Crippen LogP contribution in [0.5, 0.6) is 0 Å². The topological polar surface area (TPSA) is 87.1 Å². The first-order valence-corrected chi connectivity index (χ1v) is 6.45. The molecule has 0 aromatic heterocycles. The molecule has 0 aromatic carbocycles. The minimum atomic E-state index is -4.15. The zero-order valence-electron chi connectivity index (χ0n) is 10.2. The van der Waals surface area contributed by atoms with Crippen molar-refractivity contribution in [2.45, 2.75) is 6.92 Å². The fraction of sp³-hybridized carbons (Fsp3) is 0.400. The molecule has 0 saturated heterocycles. The Morgan fingerprint density at radius 1 is 1.56 bits per heavy atom. The van der Waals surface area contributed by atoms with Gasteiger partial charge in [0.05, 0.1) is 5.70 Å². The molecule has 1 aliphatic rings. The molecule has 0 saturated carbocycles. The van der Waals surface area contributed by atoms with E-state index in [1.54, 1.807) is 6.08 Å². The Labute approximate surface area is 105 Å². The van der Waals surface area contributed by atoms with Gasteiger partial charge in [0.1, 0.15) is 0 Å². The van der Waals surface area contributed by atoms with Crippen LogP contribution >= 0.6 is 0 Å². The van der Waals surface area contributed by atoms with E-state index in [2.05, 4.69) is 4.40 Å². The summed E-state index contributed by atoms with van der Waals surface area (Å²) in [6.07, 6.45) is 4.23. The monoisotopic (exact) mass is 271 g/mol. The van der Waals surface area contributed by atoms with Gasteiger partial charge < -0.3 is 9.80 Å². The summed E-state index contributed by atoms with van der Waals surface area (Å²) < 4.78 is 26.5. The van der Waals surface area contributed by atoms with Crippen LogP contribution in [-0.4, -0.2) is 50.8 Å². The first kappa shape index (κ1) is 14.1. The van der Waals surface area contributed by atoms with Crippen molar-refractivity contribution >= 4 is 22.0 Å². The van der Waals surface area contributed by atoms with Gasteiger partial charge in [0.15, 0.2) is 5.03 Å². The van der Waals surface area contributed by atoms with Crippen molar-refractivity contribution in [1.29, 1.82) is 0 Å². The summed E-state index contributed by atoms with van der Waals surface area (Å²) in [6.45, 7) is 1.65. The predicted octanol–water partition coefficient (Wildman–Crippen LogP) is -0.199. The third-order valence-electron chi connectivity index (χ3n) is 2.46. The lowest BCUT2D eigenvalue weighted by Gasteiger charge is -2.28. The Kier molecular flexibility index (Phi) is 4.05. The molecule has 1 heterocycles. The van der Waals surface area contributed by atoms with Crippen LogP contribution < -0.4 is 0 Å². The van der Waals surface area contributed by atoms with Crippen LogP contribution in [0, 0.1) is 0 Å². The molecule has 18 heavy (non-hydrogen) atoms. The lowest BCUT2D eigenvalue weighted by molar-refractivity contribution is -0.125. The van der Waals surface area contributed by atoms with Gasteiger partial charge in [0, 0.05) is 27.6 Å². The van der Waals surface area contributed by atoms with Gasteiger partial charge in [-0.1, -0.05) is 10.5 Å². The summed E-state index contributed by atoms with van der Waals surface area (Å²) in [7, 11) is -1.17. The number of carbonyl (C=O) groups is 1. The SMILES string of the molecule is CC(=O)N(C)C1=C(S(=O)(=O)N=C=O)N(C)CC=C1.